The smallest absolute Gasteiger partial charge is 0.0899 e. The topological polar surface area (TPSA) is 38.9 Å². The van der Waals surface area contributed by atoms with E-state index in [-0.39, 0.29) is 0 Å². The maximum absolute atomic E-state index is 6.34. The Bertz CT molecular complexity index is 911. The van der Waals surface area contributed by atoms with Crippen molar-refractivity contribution >= 4 is 71.7 Å². The van der Waals surface area contributed by atoms with Crippen molar-refractivity contribution in [2.75, 3.05) is 5.73 Å². The van der Waals surface area contributed by atoms with E-state index in [2.05, 4.69) is 36.8 Å². The Morgan fingerprint density at radius 3 is 2.32 bits per heavy atom. The zero-order chi connectivity index (χ0) is 16.0. The molecule has 2 N–H and O–H groups in total. The van der Waals surface area contributed by atoms with Gasteiger partial charge >= 0.3 is 0 Å². The van der Waals surface area contributed by atoms with Crippen LogP contribution < -0.4 is 5.73 Å². The first-order valence-electron chi connectivity index (χ1n) is 6.38. The Balaban J connectivity index is 2.34. The highest BCUT2D eigenvalue weighted by atomic mass is 79.9. The predicted molar refractivity (Wildman–Crippen MR) is 102 cm³/mol. The molecule has 22 heavy (non-hydrogen) atoms. The minimum absolute atomic E-state index is 0.492. The third kappa shape index (κ3) is 2.85. The fraction of sp³-hybridized carbons (Fsp3) is 0.0625. The molecule has 0 spiro atoms. The quantitative estimate of drug-likeness (QED) is 0.414. The summed E-state index contributed by atoms with van der Waals surface area (Å²) >= 11 is 19.4. The molecular formula is C16H10Br2Cl2N2. The molecule has 112 valence electrons. The molecule has 0 saturated heterocycles. The molecule has 0 amide bonds. The van der Waals surface area contributed by atoms with Crippen LogP contribution in [-0.2, 0) is 0 Å². The van der Waals surface area contributed by atoms with E-state index in [4.69, 9.17) is 28.9 Å². The number of hydrogen-bond donors (Lipinski definition) is 1. The van der Waals surface area contributed by atoms with Crippen LogP contribution in [0, 0.1) is 6.92 Å². The highest BCUT2D eigenvalue weighted by Crippen LogP contribution is 2.37. The maximum Gasteiger partial charge on any atom is 0.0899 e. The summed E-state index contributed by atoms with van der Waals surface area (Å²) in [6, 6.07) is 9.49. The van der Waals surface area contributed by atoms with Crippen LogP contribution >= 0.6 is 55.1 Å². The van der Waals surface area contributed by atoms with Gasteiger partial charge in [-0.15, -0.1) is 0 Å². The lowest BCUT2D eigenvalue weighted by Gasteiger charge is -2.12. The molecular weight excluding hydrogens is 451 g/mol. The molecule has 0 radical (unpaired) electrons. The summed E-state index contributed by atoms with van der Waals surface area (Å²) in [6.45, 7) is 2.02. The summed E-state index contributed by atoms with van der Waals surface area (Å²) in [6.07, 6.45) is 0. The maximum atomic E-state index is 6.34. The SMILES string of the molecule is Cc1cc(-c2cc(Br)cc(Cl)c2N)nc2c(Cl)cc(Br)cc12. The lowest BCUT2D eigenvalue weighted by Crippen LogP contribution is -1.95. The number of hydrogen-bond acceptors (Lipinski definition) is 2. The molecule has 3 aromatic rings. The van der Waals surface area contributed by atoms with Crippen LogP contribution in [0.5, 0.6) is 0 Å². The zero-order valence-corrected chi connectivity index (χ0v) is 16.1. The largest absolute Gasteiger partial charge is 0.397 e. The van der Waals surface area contributed by atoms with Crippen molar-refractivity contribution in [3.05, 3.63) is 54.9 Å². The van der Waals surface area contributed by atoms with Crippen molar-refractivity contribution in [2.45, 2.75) is 6.92 Å². The molecule has 0 aliphatic rings. The highest BCUT2D eigenvalue weighted by molar-refractivity contribution is 9.10. The molecule has 3 rings (SSSR count). The molecule has 0 unspecified atom stereocenters. The van der Waals surface area contributed by atoms with Crippen molar-refractivity contribution in [3.8, 4) is 11.3 Å². The standard InChI is InChI=1S/C16H10Br2Cl2N2/c1-7-2-14(11-4-9(18)5-12(19)15(11)21)22-16-10(7)3-8(17)6-13(16)20/h2-6H,21H2,1H3. The molecule has 0 saturated carbocycles. The number of nitrogen functional groups attached to an aromatic ring is 1. The minimum Gasteiger partial charge on any atom is -0.397 e. The summed E-state index contributed by atoms with van der Waals surface area (Å²) in [5, 5.41) is 2.09. The van der Waals surface area contributed by atoms with Crippen molar-refractivity contribution in [1.29, 1.82) is 0 Å². The Morgan fingerprint density at radius 2 is 1.59 bits per heavy atom. The van der Waals surface area contributed by atoms with E-state index in [0.717, 1.165) is 36.7 Å². The van der Waals surface area contributed by atoms with Gasteiger partial charge in [0.25, 0.3) is 0 Å². The molecule has 1 aromatic heterocycles. The van der Waals surface area contributed by atoms with Gasteiger partial charge in [0.15, 0.2) is 0 Å². The Kier molecular flexibility index (Phi) is 4.38. The summed E-state index contributed by atoms with van der Waals surface area (Å²) < 4.78 is 1.77. The highest BCUT2D eigenvalue weighted by Gasteiger charge is 2.13. The fourth-order valence-electron chi connectivity index (χ4n) is 2.35. The van der Waals surface area contributed by atoms with Gasteiger partial charge in [-0.25, -0.2) is 4.98 Å². The molecule has 2 nitrogen and oxygen atoms in total. The lowest BCUT2D eigenvalue weighted by molar-refractivity contribution is 1.36. The summed E-state index contributed by atoms with van der Waals surface area (Å²) in [5.41, 5.74) is 9.95. The van der Waals surface area contributed by atoms with Crippen LogP contribution in [0.15, 0.2) is 39.3 Å². The van der Waals surface area contributed by atoms with Crippen molar-refractivity contribution < 1.29 is 0 Å². The van der Waals surface area contributed by atoms with Gasteiger partial charge in [-0.2, -0.15) is 0 Å². The Morgan fingerprint density at radius 1 is 0.955 bits per heavy atom. The van der Waals surface area contributed by atoms with E-state index >= 15 is 0 Å². The van der Waals surface area contributed by atoms with Crippen LogP contribution in [0.1, 0.15) is 5.56 Å². The molecule has 0 aliphatic carbocycles. The van der Waals surface area contributed by atoms with E-state index in [1.165, 1.54) is 0 Å². The monoisotopic (exact) mass is 458 g/mol. The normalized spacial score (nSPS) is 11.1. The molecule has 1 heterocycles. The molecule has 0 atom stereocenters. The van der Waals surface area contributed by atoms with Gasteiger partial charge in [0.2, 0.25) is 0 Å². The second-order valence-electron chi connectivity index (χ2n) is 4.96. The molecule has 2 aromatic carbocycles. The Hall–Kier alpha value is -0.810. The third-order valence-electron chi connectivity index (χ3n) is 3.41. The van der Waals surface area contributed by atoms with Crippen molar-refractivity contribution in [1.82, 2.24) is 4.98 Å². The molecule has 0 aliphatic heterocycles. The lowest BCUT2D eigenvalue weighted by atomic mass is 10.0. The van der Waals surface area contributed by atoms with E-state index < -0.39 is 0 Å². The van der Waals surface area contributed by atoms with Crippen LogP contribution in [0.3, 0.4) is 0 Å². The number of nitrogens with zero attached hydrogens (tertiary/aromatic N) is 1. The van der Waals surface area contributed by atoms with Gasteiger partial charge in [-0.3, -0.25) is 0 Å². The number of anilines is 1. The summed E-state index contributed by atoms with van der Waals surface area (Å²) in [7, 11) is 0. The van der Waals surface area contributed by atoms with E-state index in [9.17, 15) is 0 Å². The van der Waals surface area contributed by atoms with Crippen LogP contribution in [0.2, 0.25) is 10.0 Å². The number of aromatic nitrogens is 1. The van der Waals surface area contributed by atoms with Gasteiger partial charge in [0, 0.05) is 19.9 Å². The van der Waals surface area contributed by atoms with Gasteiger partial charge in [0.05, 0.1) is 26.9 Å². The first-order valence-corrected chi connectivity index (χ1v) is 8.72. The van der Waals surface area contributed by atoms with E-state index in [0.29, 0.717) is 15.7 Å². The first kappa shape index (κ1) is 16.1. The second kappa shape index (κ2) is 6.00. The van der Waals surface area contributed by atoms with Gasteiger partial charge in [-0.1, -0.05) is 55.1 Å². The number of aryl methyl sites for hydroxylation is 1. The van der Waals surface area contributed by atoms with Gasteiger partial charge in [0.1, 0.15) is 0 Å². The third-order valence-corrected chi connectivity index (χ3v) is 4.93. The minimum atomic E-state index is 0.492. The van der Waals surface area contributed by atoms with Crippen LogP contribution in [0.25, 0.3) is 22.2 Å². The molecule has 0 fully saturated rings. The fourth-order valence-corrected chi connectivity index (χ4v) is 4.01. The van der Waals surface area contributed by atoms with Crippen molar-refractivity contribution in [2.24, 2.45) is 0 Å². The molecule has 6 heteroatoms. The number of halogens is 4. The Labute approximate surface area is 154 Å². The first-order chi connectivity index (χ1) is 10.4. The van der Waals surface area contributed by atoms with Gasteiger partial charge in [-0.05, 0) is 42.8 Å². The second-order valence-corrected chi connectivity index (χ2v) is 7.60. The number of pyridine rings is 1. The predicted octanol–water partition coefficient (Wildman–Crippen LogP) is 6.62. The number of nitrogens with two attached hydrogens (primary N) is 1. The zero-order valence-electron chi connectivity index (χ0n) is 11.4. The van der Waals surface area contributed by atoms with Gasteiger partial charge < -0.3 is 5.73 Å². The average molecular weight is 461 g/mol. The average Bonchev–Trinajstić information content (AvgIpc) is 2.43. The number of fused-ring (bicyclic) bond motifs is 1. The van der Waals surface area contributed by atoms with E-state index in [1.54, 1.807) is 6.07 Å². The summed E-state index contributed by atoms with van der Waals surface area (Å²) in [4.78, 5) is 4.68. The number of benzene rings is 2. The van der Waals surface area contributed by atoms with Crippen LogP contribution in [0.4, 0.5) is 5.69 Å². The molecule has 0 bridgehead atoms. The van der Waals surface area contributed by atoms with Crippen molar-refractivity contribution in [3.63, 3.8) is 0 Å². The van der Waals surface area contributed by atoms with Crippen LogP contribution in [-0.4, -0.2) is 4.98 Å². The summed E-state index contributed by atoms with van der Waals surface area (Å²) in [5.74, 6) is 0. The number of rotatable bonds is 1. The van der Waals surface area contributed by atoms with E-state index in [1.807, 2.05) is 31.2 Å².